The predicted molar refractivity (Wildman–Crippen MR) is 125 cm³/mol. The van der Waals surface area contributed by atoms with E-state index in [-0.39, 0.29) is 34.6 Å². The van der Waals surface area contributed by atoms with Gasteiger partial charge in [0.15, 0.2) is 5.65 Å². The molecule has 11 heteroatoms. The average molecular weight is 498 g/mol. The van der Waals surface area contributed by atoms with Crippen LogP contribution in [-0.4, -0.2) is 40.2 Å². The molecule has 1 amide bonds. The third-order valence-electron chi connectivity index (χ3n) is 5.45. The highest BCUT2D eigenvalue weighted by Crippen LogP contribution is 2.34. The maximum atomic E-state index is 13.3. The summed E-state index contributed by atoms with van der Waals surface area (Å²) in [4.78, 5) is 29.3. The Labute approximate surface area is 203 Å². The number of carbonyl (C=O) groups excluding carboxylic acids is 2. The van der Waals surface area contributed by atoms with Crippen LogP contribution in [0, 0.1) is 6.92 Å². The van der Waals surface area contributed by atoms with Crippen molar-refractivity contribution in [1.82, 2.24) is 14.6 Å². The number of methoxy groups -OCH3 is 1. The molecule has 0 fully saturated rings. The van der Waals surface area contributed by atoms with E-state index in [1.165, 1.54) is 43.1 Å². The molecule has 0 spiro atoms. The van der Waals surface area contributed by atoms with Gasteiger partial charge in [0.2, 0.25) is 0 Å². The summed E-state index contributed by atoms with van der Waals surface area (Å²) in [6.45, 7) is 3.22. The van der Waals surface area contributed by atoms with Gasteiger partial charge in [-0.15, -0.1) is 0 Å². The second-order valence-corrected chi connectivity index (χ2v) is 7.74. The first-order valence-electron chi connectivity index (χ1n) is 10.8. The van der Waals surface area contributed by atoms with Crippen molar-refractivity contribution >= 4 is 23.2 Å². The highest BCUT2D eigenvalue weighted by atomic mass is 19.4. The molecule has 4 rings (SSSR count). The fourth-order valence-electron chi connectivity index (χ4n) is 3.69. The molecule has 36 heavy (non-hydrogen) atoms. The van der Waals surface area contributed by atoms with Crippen molar-refractivity contribution in [1.29, 1.82) is 0 Å². The number of alkyl halides is 3. The van der Waals surface area contributed by atoms with Gasteiger partial charge < -0.3 is 14.8 Å². The Kier molecular flexibility index (Phi) is 6.65. The van der Waals surface area contributed by atoms with Crippen molar-refractivity contribution in [2.75, 3.05) is 19.0 Å². The summed E-state index contributed by atoms with van der Waals surface area (Å²) in [5.41, 5.74) is 0.815. The third kappa shape index (κ3) is 4.72. The molecule has 0 aliphatic carbocycles. The van der Waals surface area contributed by atoms with Crippen LogP contribution in [-0.2, 0) is 10.9 Å². The van der Waals surface area contributed by atoms with E-state index in [4.69, 9.17) is 9.47 Å². The summed E-state index contributed by atoms with van der Waals surface area (Å²) in [5, 5.41) is 6.87. The highest BCUT2D eigenvalue weighted by Gasteiger charge is 2.33. The first-order chi connectivity index (χ1) is 17.1. The van der Waals surface area contributed by atoms with Crippen LogP contribution in [0.3, 0.4) is 0 Å². The van der Waals surface area contributed by atoms with E-state index in [1.807, 2.05) is 0 Å². The molecule has 2 aromatic heterocycles. The SMILES string of the molecule is CCOC(=O)c1cnn2c(-c3ccc(OC)c(NC(=O)c4ccc(C)c(C(F)(F)F)c4)c3)ccnc12. The number of nitrogens with one attached hydrogen (secondary N) is 1. The van der Waals surface area contributed by atoms with Gasteiger partial charge in [0.25, 0.3) is 5.91 Å². The molecule has 0 aliphatic heterocycles. The molecule has 4 aromatic rings. The Bertz CT molecular complexity index is 1460. The van der Waals surface area contributed by atoms with Crippen molar-refractivity contribution in [3.05, 3.63) is 77.1 Å². The number of esters is 1. The molecule has 2 heterocycles. The molecule has 0 atom stereocenters. The molecule has 0 unspecified atom stereocenters. The Morgan fingerprint density at radius 1 is 1.11 bits per heavy atom. The number of hydrogen-bond acceptors (Lipinski definition) is 6. The molecule has 2 aromatic carbocycles. The number of rotatable bonds is 6. The van der Waals surface area contributed by atoms with Gasteiger partial charge in [0.1, 0.15) is 11.3 Å². The third-order valence-corrected chi connectivity index (χ3v) is 5.45. The topological polar surface area (TPSA) is 94.8 Å². The number of fused-ring (bicyclic) bond motifs is 1. The van der Waals surface area contributed by atoms with Gasteiger partial charge in [0, 0.05) is 17.3 Å². The summed E-state index contributed by atoms with van der Waals surface area (Å²) in [6.07, 6.45) is -1.73. The number of halogens is 3. The van der Waals surface area contributed by atoms with Crippen molar-refractivity contribution in [2.45, 2.75) is 20.0 Å². The number of aryl methyl sites for hydroxylation is 1. The van der Waals surface area contributed by atoms with Gasteiger partial charge in [-0.1, -0.05) is 6.07 Å². The molecular formula is C25H21F3N4O4. The Morgan fingerprint density at radius 3 is 2.58 bits per heavy atom. The number of hydrogen-bond donors (Lipinski definition) is 1. The second-order valence-electron chi connectivity index (χ2n) is 7.74. The van der Waals surface area contributed by atoms with Gasteiger partial charge in [-0.25, -0.2) is 14.3 Å². The fraction of sp³-hybridized carbons (Fsp3) is 0.200. The molecular weight excluding hydrogens is 477 g/mol. The van der Waals surface area contributed by atoms with Crippen molar-refractivity contribution in [2.24, 2.45) is 0 Å². The average Bonchev–Trinajstić information content (AvgIpc) is 3.28. The van der Waals surface area contributed by atoms with Crippen molar-refractivity contribution < 1.29 is 32.2 Å². The fourth-order valence-corrected chi connectivity index (χ4v) is 3.69. The molecule has 186 valence electrons. The van der Waals surface area contributed by atoms with E-state index in [0.717, 1.165) is 6.07 Å². The van der Waals surface area contributed by atoms with E-state index in [0.29, 0.717) is 17.0 Å². The number of carbonyl (C=O) groups is 2. The van der Waals surface area contributed by atoms with Crippen molar-refractivity contribution in [3.63, 3.8) is 0 Å². The van der Waals surface area contributed by atoms with Gasteiger partial charge >= 0.3 is 12.1 Å². The zero-order valence-corrected chi connectivity index (χ0v) is 19.5. The number of benzene rings is 2. The largest absolute Gasteiger partial charge is 0.495 e. The van der Waals surface area contributed by atoms with Crippen LogP contribution in [0.5, 0.6) is 5.75 Å². The molecule has 1 N–H and O–H groups in total. The van der Waals surface area contributed by atoms with E-state index in [1.54, 1.807) is 31.2 Å². The van der Waals surface area contributed by atoms with Gasteiger partial charge in [-0.05, 0) is 55.8 Å². The van der Waals surface area contributed by atoms with E-state index < -0.39 is 23.6 Å². The number of nitrogens with zero attached hydrogens (tertiary/aromatic N) is 3. The number of amides is 1. The Hall–Kier alpha value is -4.41. The van der Waals surface area contributed by atoms with Crippen LogP contribution in [0.1, 0.15) is 38.8 Å². The lowest BCUT2D eigenvalue weighted by Crippen LogP contribution is -2.15. The smallest absolute Gasteiger partial charge is 0.416 e. The van der Waals surface area contributed by atoms with E-state index >= 15 is 0 Å². The van der Waals surface area contributed by atoms with Crippen LogP contribution in [0.15, 0.2) is 54.9 Å². The van der Waals surface area contributed by atoms with E-state index in [2.05, 4.69) is 15.4 Å². The normalized spacial score (nSPS) is 11.4. The lowest BCUT2D eigenvalue weighted by atomic mass is 10.0. The summed E-state index contributed by atoms with van der Waals surface area (Å²) in [6, 6.07) is 9.95. The van der Waals surface area contributed by atoms with Crippen LogP contribution in [0.25, 0.3) is 16.9 Å². The summed E-state index contributed by atoms with van der Waals surface area (Å²) in [5.74, 6) is -0.996. The quantitative estimate of drug-likeness (QED) is 0.369. The monoisotopic (exact) mass is 498 g/mol. The number of anilines is 1. The first-order valence-corrected chi connectivity index (χ1v) is 10.8. The summed E-state index contributed by atoms with van der Waals surface area (Å²) >= 11 is 0. The number of aromatic nitrogens is 3. The lowest BCUT2D eigenvalue weighted by Gasteiger charge is -2.15. The zero-order valence-electron chi connectivity index (χ0n) is 19.5. The minimum Gasteiger partial charge on any atom is -0.495 e. The highest BCUT2D eigenvalue weighted by molar-refractivity contribution is 6.05. The summed E-state index contributed by atoms with van der Waals surface area (Å²) < 4.78 is 51.7. The maximum Gasteiger partial charge on any atom is 0.416 e. The molecule has 8 nitrogen and oxygen atoms in total. The van der Waals surface area contributed by atoms with Crippen LogP contribution in [0.4, 0.5) is 18.9 Å². The van der Waals surface area contributed by atoms with Crippen LogP contribution in [0.2, 0.25) is 0 Å². The lowest BCUT2D eigenvalue weighted by molar-refractivity contribution is -0.138. The van der Waals surface area contributed by atoms with Gasteiger partial charge in [-0.2, -0.15) is 18.3 Å². The summed E-state index contributed by atoms with van der Waals surface area (Å²) in [7, 11) is 1.40. The molecule has 0 saturated heterocycles. The van der Waals surface area contributed by atoms with Crippen LogP contribution < -0.4 is 10.1 Å². The molecule has 0 bridgehead atoms. The van der Waals surface area contributed by atoms with Gasteiger partial charge in [0.05, 0.1) is 36.9 Å². The molecule has 0 saturated carbocycles. The molecule has 0 aliphatic rings. The van der Waals surface area contributed by atoms with Gasteiger partial charge in [-0.3, -0.25) is 4.79 Å². The number of ether oxygens (including phenoxy) is 2. The standard InChI is InChI=1S/C25H21F3N4O4/c1-4-36-24(34)17-13-30-32-20(9-10-29-22(17)32)15-7-8-21(35-3)19(12-15)31-23(33)16-6-5-14(2)18(11-16)25(26,27)28/h5-13H,4H2,1-3H3,(H,31,33). The van der Waals surface area contributed by atoms with Crippen LogP contribution >= 0.6 is 0 Å². The Morgan fingerprint density at radius 2 is 1.89 bits per heavy atom. The van der Waals surface area contributed by atoms with Crippen molar-refractivity contribution in [3.8, 4) is 17.0 Å². The first kappa shape index (κ1) is 24.7. The zero-order chi connectivity index (χ0) is 26.0. The molecule has 0 radical (unpaired) electrons. The van der Waals surface area contributed by atoms with E-state index in [9.17, 15) is 22.8 Å². The maximum absolute atomic E-state index is 13.3. The minimum atomic E-state index is -4.59. The predicted octanol–water partition coefficient (Wildman–Crippen LogP) is 5.16. The minimum absolute atomic E-state index is 0.0155. The second kappa shape index (κ2) is 9.68. The Balaban J connectivity index is 1.71.